The third-order valence-electron chi connectivity index (χ3n) is 3.95. The van der Waals surface area contributed by atoms with Crippen LogP contribution in [0.25, 0.3) is 21.9 Å². The van der Waals surface area contributed by atoms with E-state index >= 15 is 0 Å². The van der Waals surface area contributed by atoms with E-state index in [1.807, 2.05) is 24.3 Å². The molecule has 0 aliphatic carbocycles. The molecule has 0 radical (unpaired) electrons. The smallest absolute Gasteiger partial charge is 0.206 e. The first-order valence-electron chi connectivity index (χ1n) is 7.29. The molecule has 0 aliphatic heterocycles. The van der Waals surface area contributed by atoms with Crippen molar-refractivity contribution in [3.05, 3.63) is 71.5 Å². The van der Waals surface area contributed by atoms with E-state index in [0.717, 1.165) is 23.6 Å². The van der Waals surface area contributed by atoms with Crippen molar-refractivity contribution in [3.63, 3.8) is 0 Å². The molecule has 0 amide bonds. The quantitative estimate of drug-likeness (QED) is 0.492. The normalized spacial score (nSPS) is 11.9. The van der Waals surface area contributed by atoms with Crippen molar-refractivity contribution in [2.24, 2.45) is 0 Å². The lowest BCUT2D eigenvalue weighted by Gasteiger charge is -2.11. The lowest BCUT2D eigenvalue weighted by atomic mass is 9.98. The van der Waals surface area contributed by atoms with E-state index in [1.165, 1.54) is 17.7 Å². The van der Waals surface area contributed by atoms with Gasteiger partial charge in [0, 0.05) is 5.39 Å². The molecule has 0 N–H and O–H groups in total. The van der Waals surface area contributed by atoms with Crippen LogP contribution in [-0.4, -0.2) is 0 Å². The predicted molar refractivity (Wildman–Crippen MR) is 83.7 cm³/mol. The summed E-state index contributed by atoms with van der Waals surface area (Å²) in [6.07, 6.45) is -3.75. The fraction of sp³-hybridized carbons (Fsp3) is 0.158. The summed E-state index contributed by atoms with van der Waals surface area (Å²) in [4.78, 5) is 0. The zero-order valence-electron chi connectivity index (χ0n) is 12.4. The number of fused-ring (bicyclic) bond motifs is 1. The zero-order chi connectivity index (χ0) is 16.6. The molecule has 118 valence electrons. The maximum absolute atomic E-state index is 14.1. The van der Waals surface area contributed by atoms with Crippen molar-refractivity contribution in [1.82, 2.24) is 0 Å². The second-order valence-electron chi connectivity index (χ2n) is 5.41. The van der Waals surface area contributed by atoms with Crippen LogP contribution in [0.1, 0.15) is 18.1 Å². The summed E-state index contributed by atoms with van der Waals surface area (Å²) in [5.74, 6) is -1.22. The van der Waals surface area contributed by atoms with Gasteiger partial charge in [-0.05, 0) is 40.6 Å². The fourth-order valence-electron chi connectivity index (χ4n) is 2.62. The maximum Gasteiger partial charge on any atom is 0.419 e. The van der Waals surface area contributed by atoms with Crippen LogP contribution in [0.2, 0.25) is 0 Å². The number of benzene rings is 3. The van der Waals surface area contributed by atoms with Crippen LogP contribution in [0.3, 0.4) is 0 Å². The zero-order valence-corrected chi connectivity index (χ0v) is 12.4. The number of hydrogen-bond donors (Lipinski definition) is 0. The van der Waals surface area contributed by atoms with Crippen LogP contribution in [-0.2, 0) is 12.6 Å². The lowest BCUT2D eigenvalue weighted by Crippen LogP contribution is -2.08. The predicted octanol–water partition coefficient (Wildman–Crippen LogP) is 6.23. The van der Waals surface area contributed by atoms with Crippen molar-refractivity contribution in [2.45, 2.75) is 19.5 Å². The summed E-state index contributed by atoms with van der Waals surface area (Å²) >= 11 is 0. The number of aryl methyl sites for hydroxylation is 1. The first-order chi connectivity index (χ1) is 10.9. The SMILES string of the molecule is CCc1ccc(-c2ccc3c(F)c(C(F)(F)F)ccc3c2)cc1. The van der Waals surface area contributed by atoms with E-state index in [9.17, 15) is 17.6 Å². The number of rotatable bonds is 2. The standard InChI is InChI=1S/C19H14F4/c1-2-12-3-5-13(6-4-12)14-7-9-16-15(11-14)8-10-17(18(16)20)19(21,22)23/h3-11H,2H2,1H3. The summed E-state index contributed by atoms with van der Waals surface area (Å²) < 4.78 is 52.3. The van der Waals surface area contributed by atoms with Gasteiger partial charge in [0.25, 0.3) is 0 Å². The van der Waals surface area contributed by atoms with Gasteiger partial charge < -0.3 is 0 Å². The second-order valence-corrected chi connectivity index (χ2v) is 5.41. The average molecular weight is 318 g/mol. The monoisotopic (exact) mass is 318 g/mol. The minimum absolute atomic E-state index is 0.0197. The molecule has 23 heavy (non-hydrogen) atoms. The van der Waals surface area contributed by atoms with Crippen LogP contribution in [0.15, 0.2) is 54.6 Å². The Hall–Kier alpha value is -2.36. The molecule has 3 rings (SSSR count). The Balaban J connectivity index is 2.09. The van der Waals surface area contributed by atoms with E-state index in [1.54, 1.807) is 12.1 Å². The number of hydrogen-bond acceptors (Lipinski definition) is 0. The lowest BCUT2D eigenvalue weighted by molar-refractivity contribution is -0.139. The molecule has 0 aliphatic rings. The Morgan fingerprint density at radius 1 is 0.826 bits per heavy atom. The molecular weight excluding hydrogens is 304 g/mol. The molecule has 3 aromatic carbocycles. The van der Waals surface area contributed by atoms with Crippen molar-refractivity contribution in [3.8, 4) is 11.1 Å². The summed E-state index contributed by atoms with van der Waals surface area (Å²) in [5.41, 5.74) is 1.77. The minimum Gasteiger partial charge on any atom is -0.206 e. The van der Waals surface area contributed by atoms with E-state index in [-0.39, 0.29) is 5.39 Å². The minimum atomic E-state index is -4.69. The highest BCUT2D eigenvalue weighted by Crippen LogP contribution is 2.35. The largest absolute Gasteiger partial charge is 0.419 e. The highest BCUT2D eigenvalue weighted by atomic mass is 19.4. The molecule has 3 aromatic rings. The Labute approximate surface area is 131 Å². The molecule has 4 heteroatoms. The summed E-state index contributed by atoms with van der Waals surface area (Å²) in [6, 6.07) is 14.8. The maximum atomic E-state index is 14.1. The number of alkyl halides is 3. The van der Waals surface area contributed by atoms with Gasteiger partial charge in [-0.1, -0.05) is 49.4 Å². The van der Waals surface area contributed by atoms with Gasteiger partial charge >= 0.3 is 6.18 Å². The Morgan fingerprint density at radius 3 is 2.09 bits per heavy atom. The topological polar surface area (TPSA) is 0 Å². The van der Waals surface area contributed by atoms with Crippen molar-refractivity contribution in [1.29, 1.82) is 0 Å². The summed E-state index contributed by atoms with van der Waals surface area (Å²) in [6.45, 7) is 2.06. The fourth-order valence-corrected chi connectivity index (χ4v) is 2.62. The Kier molecular flexibility index (Phi) is 3.84. The van der Waals surface area contributed by atoms with Gasteiger partial charge in [0.2, 0.25) is 0 Å². The van der Waals surface area contributed by atoms with Crippen LogP contribution in [0.5, 0.6) is 0 Å². The molecule has 0 bridgehead atoms. The summed E-state index contributed by atoms with van der Waals surface area (Å²) in [7, 11) is 0. The molecule has 0 atom stereocenters. The second kappa shape index (κ2) is 5.69. The first-order valence-corrected chi connectivity index (χ1v) is 7.29. The van der Waals surface area contributed by atoms with Crippen LogP contribution < -0.4 is 0 Å². The van der Waals surface area contributed by atoms with Crippen molar-refractivity contribution < 1.29 is 17.6 Å². The van der Waals surface area contributed by atoms with Crippen LogP contribution >= 0.6 is 0 Å². The molecule has 0 aromatic heterocycles. The molecule has 0 spiro atoms. The van der Waals surface area contributed by atoms with Gasteiger partial charge in [-0.3, -0.25) is 0 Å². The molecule has 0 saturated heterocycles. The first kappa shape index (κ1) is 15.5. The Morgan fingerprint density at radius 2 is 1.48 bits per heavy atom. The number of halogens is 4. The molecule has 0 saturated carbocycles. The van der Waals surface area contributed by atoms with E-state index < -0.39 is 17.6 Å². The molecule has 0 fully saturated rings. The molecule has 0 heterocycles. The third kappa shape index (κ3) is 2.93. The highest BCUT2D eigenvalue weighted by Gasteiger charge is 2.34. The third-order valence-corrected chi connectivity index (χ3v) is 3.95. The highest BCUT2D eigenvalue weighted by molar-refractivity contribution is 5.88. The van der Waals surface area contributed by atoms with E-state index in [0.29, 0.717) is 5.39 Å². The summed E-state index contributed by atoms with van der Waals surface area (Å²) in [5, 5.41) is 0.432. The van der Waals surface area contributed by atoms with Crippen molar-refractivity contribution >= 4 is 10.8 Å². The van der Waals surface area contributed by atoms with Crippen LogP contribution in [0.4, 0.5) is 17.6 Å². The van der Waals surface area contributed by atoms with E-state index in [2.05, 4.69) is 6.92 Å². The van der Waals surface area contributed by atoms with Gasteiger partial charge in [-0.2, -0.15) is 13.2 Å². The van der Waals surface area contributed by atoms with Gasteiger partial charge in [0.1, 0.15) is 5.82 Å². The Bertz CT molecular complexity index is 846. The molecule has 0 unspecified atom stereocenters. The molecular formula is C19H14F4. The van der Waals surface area contributed by atoms with Gasteiger partial charge in [-0.25, -0.2) is 4.39 Å². The van der Waals surface area contributed by atoms with Crippen molar-refractivity contribution in [2.75, 3.05) is 0 Å². The molecule has 0 nitrogen and oxygen atoms in total. The van der Waals surface area contributed by atoms with E-state index in [4.69, 9.17) is 0 Å². The average Bonchev–Trinajstić information content (AvgIpc) is 2.53. The van der Waals surface area contributed by atoms with Gasteiger partial charge in [-0.15, -0.1) is 0 Å². The van der Waals surface area contributed by atoms with Gasteiger partial charge in [0.15, 0.2) is 0 Å². The van der Waals surface area contributed by atoms with Gasteiger partial charge in [0.05, 0.1) is 5.56 Å². The van der Waals surface area contributed by atoms with Crippen LogP contribution in [0, 0.1) is 5.82 Å².